The Morgan fingerprint density at radius 3 is 2.56 bits per heavy atom. The largest absolute Gasteiger partial charge is 0.494 e. The molecule has 1 aromatic carbocycles. The first-order valence-electron chi connectivity index (χ1n) is 13.5. The van der Waals surface area contributed by atoms with Crippen LogP contribution in [0, 0.1) is 5.92 Å². The van der Waals surface area contributed by atoms with E-state index >= 15 is 0 Å². The zero-order valence-electron chi connectivity index (χ0n) is 24.1. The number of aryl methyl sites for hydroxylation is 1. The molecule has 3 heterocycles. The lowest BCUT2D eigenvalue weighted by atomic mass is 10.1. The lowest BCUT2D eigenvalue weighted by Gasteiger charge is -2.16. The van der Waals surface area contributed by atoms with Crippen molar-refractivity contribution in [1.82, 2.24) is 30.0 Å². The zero-order valence-corrected chi connectivity index (χ0v) is 21.1. The molecule has 39 heavy (non-hydrogen) atoms. The summed E-state index contributed by atoms with van der Waals surface area (Å²) in [6.07, 6.45) is 6.29. The van der Waals surface area contributed by atoms with Crippen LogP contribution in [-0.2, 0) is 11.8 Å². The number of hydrogen-bond acceptors (Lipinski definition) is 9. The Labute approximate surface area is 227 Å². The van der Waals surface area contributed by atoms with E-state index in [1.54, 1.807) is 43.6 Å². The van der Waals surface area contributed by atoms with E-state index in [-0.39, 0.29) is 34.6 Å². The highest BCUT2D eigenvalue weighted by Crippen LogP contribution is 2.37. The minimum Gasteiger partial charge on any atom is -0.494 e. The summed E-state index contributed by atoms with van der Waals surface area (Å²) in [4.78, 5) is 46.5. The van der Waals surface area contributed by atoms with Crippen LogP contribution in [-0.4, -0.2) is 50.6 Å². The number of amides is 2. The van der Waals surface area contributed by atoms with Gasteiger partial charge in [-0.15, -0.1) is 10.2 Å². The first-order chi connectivity index (χ1) is 20.0. The normalized spacial score (nSPS) is 13.9. The first kappa shape index (κ1) is 21.9. The molecule has 0 saturated heterocycles. The van der Waals surface area contributed by atoms with Crippen LogP contribution < -0.4 is 26.2 Å². The smallest absolute Gasteiger partial charge is 0.273 e. The van der Waals surface area contributed by atoms with Crippen molar-refractivity contribution in [3.63, 3.8) is 0 Å². The van der Waals surface area contributed by atoms with Crippen LogP contribution in [0.5, 0.6) is 5.75 Å². The van der Waals surface area contributed by atoms with Crippen molar-refractivity contribution in [2.24, 2.45) is 13.0 Å². The van der Waals surface area contributed by atoms with Crippen molar-refractivity contribution in [2.75, 3.05) is 24.7 Å². The molecule has 4 aromatic rings. The lowest BCUT2D eigenvalue weighted by molar-refractivity contribution is -0.117. The summed E-state index contributed by atoms with van der Waals surface area (Å²) in [5.74, 6) is -0.619. The molecule has 5 rings (SSSR count). The first-order valence-corrected chi connectivity index (χ1v) is 12.0. The average molecular weight is 530 g/mol. The number of benzene rings is 1. The van der Waals surface area contributed by atoms with Gasteiger partial charge in [-0.05, 0) is 37.1 Å². The second-order valence-corrected chi connectivity index (χ2v) is 8.85. The summed E-state index contributed by atoms with van der Waals surface area (Å²) in [5, 5.41) is 15.4. The van der Waals surface area contributed by atoms with Gasteiger partial charge in [0.2, 0.25) is 5.91 Å². The molecule has 1 saturated carbocycles. The molecule has 12 nitrogen and oxygen atoms in total. The number of pyridine rings is 1. The van der Waals surface area contributed by atoms with Crippen LogP contribution in [0.15, 0.2) is 59.8 Å². The van der Waals surface area contributed by atoms with Gasteiger partial charge in [-0.1, -0.05) is 6.07 Å². The molecule has 1 aliphatic rings. The Kier molecular flexibility index (Phi) is 6.01. The highest BCUT2D eigenvalue weighted by Gasteiger charge is 2.30. The van der Waals surface area contributed by atoms with E-state index in [9.17, 15) is 14.4 Å². The van der Waals surface area contributed by atoms with Crippen LogP contribution in [0.25, 0.3) is 22.5 Å². The standard InChI is InChI=1S/C27H26N8O4/c1-28-26(37)22-20(12-21(33-34-22)32-25(36)15-9-10-15)31-19-8-4-6-18(23(19)39-3)24-29-13-16(14-30-24)17-7-5-11-35(2)27(17)38/h4-8,11-15H,9-10H2,1-3H3,(H,28,37)(H2,31,32,33,36)/i1D3. The molecule has 0 atom stereocenters. The van der Waals surface area contributed by atoms with E-state index in [1.165, 1.54) is 30.1 Å². The zero-order chi connectivity index (χ0) is 30.0. The predicted molar refractivity (Wildman–Crippen MR) is 145 cm³/mol. The summed E-state index contributed by atoms with van der Waals surface area (Å²) in [5.41, 5.74) is 1.43. The monoisotopic (exact) mass is 529 g/mol. The minimum absolute atomic E-state index is 0.0736. The van der Waals surface area contributed by atoms with Crippen molar-refractivity contribution in [1.29, 1.82) is 0 Å². The molecular formula is C27H26N8O4. The number of hydrogen-bond donors (Lipinski definition) is 3. The Balaban J connectivity index is 1.50. The van der Waals surface area contributed by atoms with Gasteiger partial charge < -0.3 is 25.3 Å². The van der Waals surface area contributed by atoms with E-state index in [4.69, 9.17) is 8.85 Å². The van der Waals surface area contributed by atoms with Gasteiger partial charge >= 0.3 is 0 Å². The maximum atomic E-state index is 12.8. The third-order valence-electron chi connectivity index (χ3n) is 6.14. The van der Waals surface area contributed by atoms with Gasteiger partial charge in [-0.3, -0.25) is 14.4 Å². The van der Waals surface area contributed by atoms with E-state index < -0.39 is 12.9 Å². The molecule has 198 valence electrons. The van der Waals surface area contributed by atoms with Gasteiger partial charge in [0, 0.05) is 54.3 Å². The number of aromatic nitrogens is 5. The fourth-order valence-corrected chi connectivity index (χ4v) is 3.95. The Morgan fingerprint density at radius 2 is 1.85 bits per heavy atom. The number of rotatable bonds is 8. The predicted octanol–water partition coefficient (Wildman–Crippen LogP) is 2.76. The topological polar surface area (TPSA) is 153 Å². The number of methoxy groups -OCH3 is 1. The van der Waals surface area contributed by atoms with Gasteiger partial charge in [0.15, 0.2) is 23.1 Å². The summed E-state index contributed by atoms with van der Waals surface area (Å²) in [6, 6.07) is 9.94. The number of carbonyl (C=O) groups excluding carboxylic acids is 2. The van der Waals surface area contributed by atoms with Crippen LogP contribution >= 0.6 is 0 Å². The third kappa shape index (κ3) is 5.30. The molecule has 0 bridgehead atoms. The average Bonchev–Trinajstić information content (AvgIpc) is 3.80. The number of nitrogens with zero attached hydrogens (tertiary/aromatic N) is 5. The molecule has 1 aliphatic carbocycles. The van der Waals surface area contributed by atoms with E-state index in [0.29, 0.717) is 34.0 Å². The maximum absolute atomic E-state index is 12.8. The van der Waals surface area contributed by atoms with Gasteiger partial charge in [0.25, 0.3) is 11.5 Å². The lowest BCUT2D eigenvalue weighted by Crippen LogP contribution is -2.22. The van der Waals surface area contributed by atoms with Crippen LogP contribution in [0.3, 0.4) is 0 Å². The van der Waals surface area contributed by atoms with Crippen molar-refractivity contribution in [3.8, 4) is 28.3 Å². The molecular weight excluding hydrogens is 500 g/mol. The molecule has 0 aliphatic heterocycles. The molecule has 0 unspecified atom stereocenters. The maximum Gasteiger partial charge on any atom is 0.273 e. The summed E-state index contributed by atoms with van der Waals surface area (Å²) in [7, 11) is 3.10. The summed E-state index contributed by atoms with van der Waals surface area (Å²) < 4.78 is 29.3. The number of carbonyl (C=O) groups is 2. The number of para-hydroxylation sites is 1. The van der Waals surface area contributed by atoms with E-state index in [1.807, 2.05) is 5.32 Å². The number of nitrogens with one attached hydrogen (secondary N) is 3. The van der Waals surface area contributed by atoms with Gasteiger partial charge in [-0.25, -0.2) is 9.97 Å². The van der Waals surface area contributed by atoms with Gasteiger partial charge in [0.1, 0.15) is 0 Å². The number of ether oxygens (including phenoxy) is 1. The molecule has 2 amide bonds. The number of anilines is 3. The van der Waals surface area contributed by atoms with E-state index in [2.05, 4.69) is 30.8 Å². The Morgan fingerprint density at radius 1 is 1.08 bits per heavy atom. The summed E-state index contributed by atoms with van der Waals surface area (Å²) in [6.45, 7) is -2.76. The van der Waals surface area contributed by atoms with Crippen LogP contribution in [0.2, 0.25) is 0 Å². The van der Waals surface area contributed by atoms with Gasteiger partial charge in [-0.2, -0.15) is 0 Å². The van der Waals surface area contributed by atoms with Crippen molar-refractivity contribution >= 4 is 29.0 Å². The van der Waals surface area contributed by atoms with Crippen molar-refractivity contribution in [2.45, 2.75) is 12.8 Å². The second-order valence-electron chi connectivity index (χ2n) is 8.85. The fraction of sp³-hybridized carbons (Fsp3) is 0.222. The molecule has 0 spiro atoms. The van der Waals surface area contributed by atoms with E-state index in [0.717, 1.165) is 12.8 Å². The molecule has 0 radical (unpaired) electrons. The molecule has 12 heteroatoms. The second kappa shape index (κ2) is 10.7. The van der Waals surface area contributed by atoms with Crippen LogP contribution in [0.1, 0.15) is 27.4 Å². The molecule has 3 N–H and O–H groups in total. The van der Waals surface area contributed by atoms with Crippen LogP contribution in [0.4, 0.5) is 17.2 Å². The Hall–Kier alpha value is -5.13. The fourth-order valence-electron chi connectivity index (χ4n) is 3.95. The van der Waals surface area contributed by atoms with Crippen molar-refractivity contribution < 1.29 is 18.4 Å². The van der Waals surface area contributed by atoms with Crippen molar-refractivity contribution in [3.05, 3.63) is 71.0 Å². The minimum atomic E-state index is -2.76. The molecule has 3 aromatic heterocycles. The SMILES string of the molecule is [2H]C([2H])([2H])NC(=O)c1nnc(NC(=O)C2CC2)cc1Nc1cccc(-c2ncc(-c3cccn(C)c3=O)cn2)c1OC. The highest BCUT2D eigenvalue weighted by atomic mass is 16.5. The summed E-state index contributed by atoms with van der Waals surface area (Å²) >= 11 is 0. The van der Waals surface area contributed by atoms with Gasteiger partial charge in [0.05, 0.1) is 29.6 Å². The third-order valence-corrected chi connectivity index (χ3v) is 6.14. The quantitative estimate of drug-likeness (QED) is 0.313. The molecule has 1 fully saturated rings. The Bertz CT molecular complexity index is 1720. The highest BCUT2D eigenvalue weighted by molar-refractivity contribution is 6.00.